The van der Waals surface area contributed by atoms with Gasteiger partial charge in [-0.3, -0.25) is 4.79 Å². The van der Waals surface area contributed by atoms with Crippen molar-refractivity contribution in [2.45, 2.75) is 32.9 Å². The lowest BCUT2D eigenvalue weighted by Gasteiger charge is -2.25. The molecule has 7 heteroatoms. The highest BCUT2D eigenvalue weighted by Crippen LogP contribution is 2.12. The Morgan fingerprint density at radius 1 is 1.33 bits per heavy atom. The summed E-state index contributed by atoms with van der Waals surface area (Å²) in [6.07, 6.45) is 0.978. The fourth-order valence-electron chi connectivity index (χ4n) is 1.87. The van der Waals surface area contributed by atoms with Gasteiger partial charge in [0.05, 0.1) is 0 Å². The van der Waals surface area contributed by atoms with E-state index < -0.39 is 0 Å². The van der Waals surface area contributed by atoms with Crippen molar-refractivity contribution in [3.63, 3.8) is 0 Å². The van der Waals surface area contributed by atoms with Crippen LogP contribution in [0.25, 0.3) is 0 Å². The number of aliphatic imine (C=N–C) groups is 1. The first-order valence-electron chi connectivity index (χ1n) is 7.80. The van der Waals surface area contributed by atoms with E-state index in [1.165, 1.54) is 0 Å². The van der Waals surface area contributed by atoms with Crippen LogP contribution in [0.2, 0.25) is 5.02 Å². The van der Waals surface area contributed by atoms with Gasteiger partial charge in [0.2, 0.25) is 5.91 Å². The van der Waals surface area contributed by atoms with E-state index in [1.807, 2.05) is 36.2 Å². The zero-order chi connectivity index (χ0) is 17.4. The molecule has 1 unspecified atom stereocenters. The largest absolute Gasteiger partial charge is 0.354 e. The second-order valence-electron chi connectivity index (χ2n) is 5.87. The van der Waals surface area contributed by atoms with Crippen LogP contribution in [-0.2, 0) is 11.3 Å². The molecule has 1 atom stereocenters. The lowest BCUT2D eigenvalue weighted by Crippen LogP contribution is -2.43. The Hall–Kier alpha value is -1.02. The van der Waals surface area contributed by atoms with Gasteiger partial charge in [-0.25, -0.2) is 4.99 Å². The van der Waals surface area contributed by atoms with E-state index in [-0.39, 0.29) is 42.5 Å². The topological polar surface area (TPSA) is 47.9 Å². The molecular weight excluding hydrogens is 439 g/mol. The molecule has 0 heterocycles. The molecule has 136 valence electrons. The lowest BCUT2D eigenvalue weighted by molar-refractivity contribution is -0.127. The van der Waals surface area contributed by atoms with Crippen LogP contribution < -0.4 is 5.32 Å². The van der Waals surface area contributed by atoms with Crippen molar-refractivity contribution in [1.29, 1.82) is 0 Å². The minimum absolute atomic E-state index is 0. The molecule has 1 amide bonds. The van der Waals surface area contributed by atoms with Crippen molar-refractivity contribution in [3.8, 4) is 0 Å². The van der Waals surface area contributed by atoms with Gasteiger partial charge in [-0.2, -0.15) is 0 Å². The van der Waals surface area contributed by atoms with Crippen LogP contribution >= 0.6 is 35.6 Å². The summed E-state index contributed by atoms with van der Waals surface area (Å²) >= 11 is 6.04. The maximum atomic E-state index is 11.8. The maximum absolute atomic E-state index is 11.8. The Morgan fingerprint density at radius 3 is 2.54 bits per heavy atom. The summed E-state index contributed by atoms with van der Waals surface area (Å²) in [4.78, 5) is 19.8. The van der Waals surface area contributed by atoms with Crippen LogP contribution in [0.5, 0.6) is 0 Å². The van der Waals surface area contributed by atoms with E-state index in [2.05, 4.69) is 24.2 Å². The Balaban J connectivity index is 0.00000529. The number of hydrogen-bond acceptors (Lipinski definition) is 2. The molecule has 0 bridgehead atoms. The number of hydrogen-bond donors (Lipinski definition) is 1. The molecule has 5 nitrogen and oxygen atoms in total. The molecule has 0 radical (unpaired) electrons. The summed E-state index contributed by atoms with van der Waals surface area (Å²) in [6, 6.07) is 8.02. The average molecular weight is 467 g/mol. The van der Waals surface area contributed by atoms with E-state index in [4.69, 9.17) is 11.6 Å². The monoisotopic (exact) mass is 466 g/mol. The van der Waals surface area contributed by atoms with E-state index in [1.54, 1.807) is 19.0 Å². The summed E-state index contributed by atoms with van der Waals surface area (Å²) in [5.74, 6) is 0.694. The zero-order valence-electron chi connectivity index (χ0n) is 15.0. The first-order valence-corrected chi connectivity index (χ1v) is 8.18. The van der Waals surface area contributed by atoms with Crippen LogP contribution in [0.3, 0.4) is 0 Å². The van der Waals surface area contributed by atoms with Crippen LogP contribution in [-0.4, -0.2) is 55.4 Å². The van der Waals surface area contributed by atoms with E-state index in [9.17, 15) is 4.79 Å². The molecule has 0 aliphatic heterocycles. The van der Waals surface area contributed by atoms with Crippen LogP contribution in [0.1, 0.15) is 25.8 Å². The van der Waals surface area contributed by atoms with E-state index in [0.717, 1.165) is 17.9 Å². The predicted octanol–water partition coefficient (Wildman–Crippen LogP) is 3.22. The van der Waals surface area contributed by atoms with Crippen LogP contribution in [0, 0.1) is 0 Å². The highest BCUT2D eigenvalue weighted by molar-refractivity contribution is 14.0. The number of likely N-dealkylation sites (N-methyl/N-ethyl adjacent to an activating group) is 1. The Morgan fingerprint density at radius 2 is 2.00 bits per heavy atom. The van der Waals surface area contributed by atoms with Gasteiger partial charge < -0.3 is 15.1 Å². The number of rotatable bonds is 6. The maximum Gasteiger partial charge on any atom is 0.243 e. The van der Waals surface area contributed by atoms with Gasteiger partial charge in [0, 0.05) is 38.8 Å². The van der Waals surface area contributed by atoms with Crippen LogP contribution in [0.4, 0.5) is 0 Å². The second-order valence-corrected chi connectivity index (χ2v) is 6.30. The molecule has 0 fully saturated rings. The zero-order valence-corrected chi connectivity index (χ0v) is 18.1. The third kappa shape index (κ3) is 8.19. The van der Waals surface area contributed by atoms with Crippen molar-refractivity contribution in [3.05, 3.63) is 34.9 Å². The van der Waals surface area contributed by atoms with Gasteiger partial charge in [0.1, 0.15) is 6.54 Å². The molecular formula is C17H28ClIN4O. The van der Waals surface area contributed by atoms with E-state index in [0.29, 0.717) is 11.6 Å². The molecule has 1 aromatic rings. The van der Waals surface area contributed by atoms with Gasteiger partial charge in [0.15, 0.2) is 5.96 Å². The summed E-state index contributed by atoms with van der Waals surface area (Å²) < 4.78 is 0. The smallest absolute Gasteiger partial charge is 0.243 e. The number of benzene rings is 1. The molecule has 0 saturated carbocycles. The van der Waals surface area contributed by atoms with Gasteiger partial charge in [-0.15, -0.1) is 24.0 Å². The third-order valence-electron chi connectivity index (χ3n) is 3.52. The number of halogens is 2. The number of nitrogens with one attached hydrogen (secondary N) is 1. The van der Waals surface area contributed by atoms with Crippen molar-refractivity contribution in [1.82, 2.24) is 15.1 Å². The number of guanidine groups is 1. The SMILES string of the molecule is CCC(C)NC(=NCC(=O)N(C)C)N(C)Cc1cccc(Cl)c1.I. The summed E-state index contributed by atoms with van der Waals surface area (Å²) in [7, 11) is 5.42. The lowest BCUT2D eigenvalue weighted by atomic mass is 10.2. The fraction of sp³-hybridized carbons (Fsp3) is 0.529. The van der Waals surface area contributed by atoms with E-state index >= 15 is 0 Å². The third-order valence-corrected chi connectivity index (χ3v) is 3.76. The minimum Gasteiger partial charge on any atom is -0.354 e. The summed E-state index contributed by atoms with van der Waals surface area (Å²) in [6.45, 7) is 5.00. The second kappa shape index (κ2) is 11.5. The normalized spacial score (nSPS) is 12.2. The number of amides is 1. The molecule has 1 aromatic carbocycles. The number of nitrogens with zero attached hydrogens (tertiary/aromatic N) is 3. The number of carbonyl (C=O) groups is 1. The predicted molar refractivity (Wildman–Crippen MR) is 112 cm³/mol. The number of carbonyl (C=O) groups excluding carboxylic acids is 1. The first kappa shape index (κ1) is 23.0. The molecule has 0 aromatic heterocycles. The molecule has 1 N–H and O–H groups in total. The van der Waals surface area contributed by atoms with Crippen molar-refractivity contribution >= 4 is 47.4 Å². The van der Waals surface area contributed by atoms with Gasteiger partial charge in [-0.1, -0.05) is 30.7 Å². The van der Waals surface area contributed by atoms with Crippen LogP contribution in [0.15, 0.2) is 29.3 Å². The fourth-order valence-corrected chi connectivity index (χ4v) is 2.08. The molecule has 1 rings (SSSR count). The average Bonchev–Trinajstić information content (AvgIpc) is 2.50. The molecule has 0 aliphatic carbocycles. The summed E-state index contributed by atoms with van der Waals surface area (Å²) in [5.41, 5.74) is 1.09. The Kier molecular flexibility index (Phi) is 11.0. The quantitative estimate of drug-likeness (QED) is 0.398. The minimum atomic E-state index is -0.0235. The Bertz CT molecular complexity index is 551. The van der Waals surface area contributed by atoms with Crippen molar-refractivity contribution in [2.75, 3.05) is 27.7 Å². The molecule has 0 saturated heterocycles. The standard InChI is InChI=1S/C17H27ClN4O.HI/c1-6-13(2)20-17(19-11-16(23)21(3)4)22(5)12-14-8-7-9-15(18)10-14;/h7-10,13H,6,11-12H2,1-5H3,(H,19,20);1H. The van der Waals surface area contributed by atoms with Crippen molar-refractivity contribution < 1.29 is 4.79 Å². The van der Waals surface area contributed by atoms with Gasteiger partial charge >= 0.3 is 0 Å². The van der Waals surface area contributed by atoms with Gasteiger partial charge in [0.25, 0.3) is 0 Å². The Labute approximate surface area is 167 Å². The molecule has 0 spiro atoms. The highest BCUT2D eigenvalue weighted by atomic mass is 127. The summed E-state index contributed by atoms with van der Waals surface area (Å²) in [5, 5.41) is 4.08. The molecule has 0 aliphatic rings. The highest BCUT2D eigenvalue weighted by Gasteiger charge is 2.12. The molecule has 24 heavy (non-hydrogen) atoms. The first-order chi connectivity index (χ1) is 10.8. The van der Waals surface area contributed by atoms with Crippen molar-refractivity contribution in [2.24, 2.45) is 4.99 Å². The van der Waals surface area contributed by atoms with Gasteiger partial charge in [-0.05, 0) is 31.0 Å².